The van der Waals surface area contributed by atoms with Gasteiger partial charge in [0.2, 0.25) is 0 Å². The number of aliphatic hydroxyl groups excluding tert-OH is 1. The maximum absolute atomic E-state index is 12.2. The van der Waals surface area contributed by atoms with Gasteiger partial charge < -0.3 is 24.9 Å². The van der Waals surface area contributed by atoms with Gasteiger partial charge in [-0.1, -0.05) is 0 Å². The molecule has 1 fully saturated rings. The molecule has 1 aromatic heterocycles. The lowest BCUT2D eigenvalue weighted by Gasteiger charge is -2.31. The quantitative estimate of drug-likeness (QED) is 0.685. The number of aryl methyl sites for hydroxylation is 1. The fourth-order valence-corrected chi connectivity index (χ4v) is 2.25. The van der Waals surface area contributed by atoms with Gasteiger partial charge in [-0.2, -0.15) is 0 Å². The average Bonchev–Trinajstić information content (AvgIpc) is 2.46. The molecular formula is C14H20N2O5. The van der Waals surface area contributed by atoms with E-state index in [0.29, 0.717) is 25.3 Å². The number of nitrogens with one attached hydrogen (secondary N) is 2. The van der Waals surface area contributed by atoms with Crippen LogP contribution in [0.2, 0.25) is 0 Å². The smallest absolute Gasteiger partial charge is 0.257 e. The number of hydrogen-bond acceptors (Lipinski definition) is 5. The molecule has 0 spiro atoms. The predicted octanol–water partition coefficient (Wildman–Crippen LogP) is -0.420. The first-order valence-corrected chi connectivity index (χ1v) is 6.92. The van der Waals surface area contributed by atoms with Crippen molar-refractivity contribution in [2.45, 2.75) is 25.5 Å². The standard InChI is InChI=1S/C14H20N2O5/c1-9-6-12(18)10(7-15-9)14(19)16-11-8-20-4-2-13(11)21-5-3-17/h6-7,11,13,17H,2-5,8H2,1H3,(H,15,18)(H,16,19)/t11-,13+/m1/s1. The molecule has 2 heterocycles. The maximum atomic E-state index is 12.2. The Morgan fingerprint density at radius 2 is 2.43 bits per heavy atom. The number of aliphatic hydroxyl groups is 1. The average molecular weight is 296 g/mol. The van der Waals surface area contributed by atoms with Gasteiger partial charge in [0.05, 0.1) is 32.0 Å². The summed E-state index contributed by atoms with van der Waals surface area (Å²) in [4.78, 5) is 26.8. The highest BCUT2D eigenvalue weighted by Gasteiger charge is 2.28. The summed E-state index contributed by atoms with van der Waals surface area (Å²) in [5, 5.41) is 11.6. The Bertz CT molecular complexity index is 542. The van der Waals surface area contributed by atoms with Crippen molar-refractivity contribution in [1.29, 1.82) is 0 Å². The second kappa shape index (κ2) is 7.35. The molecule has 2 rings (SSSR count). The molecule has 0 bridgehead atoms. The van der Waals surface area contributed by atoms with Gasteiger partial charge in [-0.25, -0.2) is 0 Å². The molecule has 1 aromatic rings. The van der Waals surface area contributed by atoms with Crippen LogP contribution < -0.4 is 10.7 Å². The zero-order chi connectivity index (χ0) is 15.2. The monoisotopic (exact) mass is 296 g/mol. The number of carbonyl (C=O) groups is 1. The highest BCUT2D eigenvalue weighted by molar-refractivity contribution is 5.94. The van der Waals surface area contributed by atoms with Crippen LogP contribution in [-0.4, -0.2) is 54.6 Å². The van der Waals surface area contributed by atoms with Crippen molar-refractivity contribution < 1.29 is 19.4 Å². The number of aromatic nitrogens is 1. The molecule has 1 amide bonds. The Morgan fingerprint density at radius 3 is 3.14 bits per heavy atom. The van der Waals surface area contributed by atoms with E-state index in [1.165, 1.54) is 12.3 Å². The fraction of sp³-hybridized carbons (Fsp3) is 0.571. The van der Waals surface area contributed by atoms with Gasteiger partial charge in [0.1, 0.15) is 5.56 Å². The molecule has 3 N–H and O–H groups in total. The van der Waals surface area contributed by atoms with E-state index in [-0.39, 0.29) is 36.4 Å². The highest BCUT2D eigenvalue weighted by Crippen LogP contribution is 2.12. The van der Waals surface area contributed by atoms with E-state index in [4.69, 9.17) is 14.6 Å². The van der Waals surface area contributed by atoms with Gasteiger partial charge in [0.15, 0.2) is 5.43 Å². The van der Waals surface area contributed by atoms with Crippen LogP contribution in [0.4, 0.5) is 0 Å². The minimum absolute atomic E-state index is 0.0621. The van der Waals surface area contributed by atoms with Crippen LogP contribution in [0.25, 0.3) is 0 Å². The molecule has 1 aliphatic heterocycles. The topological polar surface area (TPSA) is 101 Å². The Hall–Kier alpha value is -1.70. The predicted molar refractivity (Wildman–Crippen MR) is 75.3 cm³/mol. The minimum atomic E-state index is -0.454. The lowest BCUT2D eigenvalue weighted by molar-refractivity contribution is -0.0612. The summed E-state index contributed by atoms with van der Waals surface area (Å²) in [6, 6.07) is 1.05. The van der Waals surface area contributed by atoms with E-state index in [1.807, 2.05) is 0 Å². The van der Waals surface area contributed by atoms with Crippen molar-refractivity contribution in [2.75, 3.05) is 26.4 Å². The zero-order valence-electron chi connectivity index (χ0n) is 11.9. The second-order valence-corrected chi connectivity index (χ2v) is 4.97. The summed E-state index contributed by atoms with van der Waals surface area (Å²) >= 11 is 0. The molecule has 1 saturated heterocycles. The first kappa shape index (κ1) is 15.7. The molecule has 0 aliphatic carbocycles. The van der Waals surface area contributed by atoms with Crippen molar-refractivity contribution in [2.24, 2.45) is 0 Å². The van der Waals surface area contributed by atoms with Crippen molar-refractivity contribution >= 4 is 5.91 Å². The molecule has 7 heteroatoms. The first-order valence-electron chi connectivity index (χ1n) is 6.92. The molecule has 0 unspecified atom stereocenters. The molecular weight excluding hydrogens is 276 g/mol. The molecule has 0 radical (unpaired) electrons. The molecule has 116 valence electrons. The van der Waals surface area contributed by atoms with Gasteiger partial charge in [-0.3, -0.25) is 9.59 Å². The summed E-state index contributed by atoms with van der Waals surface area (Å²) in [6.07, 6.45) is 1.81. The van der Waals surface area contributed by atoms with Crippen molar-refractivity contribution in [3.05, 3.63) is 33.7 Å². The van der Waals surface area contributed by atoms with E-state index < -0.39 is 5.91 Å². The lowest BCUT2D eigenvalue weighted by Crippen LogP contribution is -2.51. The third kappa shape index (κ3) is 4.13. The third-order valence-electron chi connectivity index (χ3n) is 3.33. The lowest BCUT2D eigenvalue weighted by atomic mass is 10.1. The number of carbonyl (C=O) groups excluding carboxylic acids is 1. The SMILES string of the molecule is Cc1cc(=O)c(C(=O)N[C@@H]2COCC[C@@H]2OCCO)c[nH]1. The van der Waals surface area contributed by atoms with E-state index in [0.717, 1.165) is 0 Å². The number of hydrogen-bond donors (Lipinski definition) is 3. The van der Waals surface area contributed by atoms with E-state index >= 15 is 0 Å². The summed E-state index contributed by atoms with van der Waals surface area (Å²) in [5.74, 6) is -0.454. The van der Waals surface area contributed by atoms with Crippen LogP contribution in [-0.2, 0) is 9.47 Å². The van der Waals surface area contributed by atoms with Gasteiger partial charge >= 0.3 is 0 Å². The van der Waals surface area contributed by atoms with Crippen molar-refractivity contribution in [1.82, 2.24) is 10.3 Å². The van der Waals surface area contributed by atoms with Gasteiger partial charge in [-0.05, 0) is 13.3 Å². The van der Waals surface area contributed by atoms with Crippen molar-refractivity contribution in [3.8, 4) is 0 Å². The van der Waals surface area contributed by atoms with Crippen LogP contribution in [0.1, 0.15) is 22.5 Å². The Morgan fingerprint density at radius 1 is 1.62 bits per heavy atom. The number of rotatable bonds is 5. The number of ether oxygens (including phenoxy) is 2. The Balaban J connectivity index is 2.04. The van der Waals surface area contributed by atoms with Gasteiger partial charge in [0.25, 0.3) is 5.91 Å². The molecule has 2 atom stereocenters. The fourth-order valence-electron chi connectivity index (χ4n) is 2.25. The number of pyridine rings is 1. The third-order valence-corrected chi connectivity index (χ3v) is 3.33. The summed E-state index contributed by atoms with van der Waals surface area (Å²) in [5.41, 5.74) is 0.432. The Kier molecular flexibility index (Phi) is 5.49. The number of amides is 1. The zero-order valence-corrected chi connectivity index (χ0v) is 11.9. The second-order valence-electron chi connectivity index (χ2n) is 4.97. The summed E-state index contributed by atoms with van der Waals surface area (Å²) < 4.78 is 10.8. The van der Waals surface area contributed by atoms with E-state index in [2.05, 4.69) is 10.3 Å². The van der Waals surface area contributed by atoms with Crippen LogP contribution >= 0.6 is 0 Å². The van der Waals surface area contributed by atoms with Crippen LogP contribution in [0, 0.1) is 6.92 Å². The van der Waals surface area contributed by atoms with Crippen LogP contribution in [0.5, 0.6) is 0 Å². The largest absolute Gasteiger partial charge is 0.394 e. The highest BCUT2D eigenvalue weighted by atomic mass is 16.5. The Labute approximate surface area is 122 Å². The minimum Gasteiger partial charge on any atom is -0.394 e. The van der Waals surface area contributed by atoms with Crippen molar-refractivity contribution in [3.63, 3.8) is 0 Å². The molecule has 1 aliphatic rings. The molecule has 0 saturated carbocycles. The van der Waals surface area contributed by atoms with Crippen LogP contribution in [0.3, 0.4) is 0 Å². The number of H-pyrrole nitrogens is 1. The van der Waals surface area contributed by atoms with E-state index in [9.17, 15) is 9.59 Å². The maximum Gasteiger partial charge on any atom is 0.257 e. The normalized spacial score (nSPS) is 22.0. The van der Waals surface area contributed by atoms with Crippen LogP contribution in [0.15, 0.2) is 17.1 Å². The van der Waals surface area contributed by atoms with Gasteiger partial charge in [0, 0.05) is 24.6 Å². The number of aromatic amines is 1. The molecule has 0 aromatic carbocycles. The molecule has 21 heavy (non-hydrogen) atoms. The van der Waals surface area contributed by atoms with E-state index in [1.54, 1.807) is 6.92 Å². The summed E-state index contributed by atoms with van der Waals surface area (Å²) in [7, 11) is 0. The first-order chi connectivity index (χ1) is 10.1. The molecule has 7 nitrogen and oxygen atoms in total. The van der Waals surface area contributed by atoms with Gasteiger partial charge in [-0.15, -0.1) is 0 Å². The summed E-state index contributed by atoms with van der Waals surface area (Å²) in [6.45, 7) is 2.76.